The highest BCUT2D eigenvalue weighted by Crippen LogP contribution is 2.23. The number of nitrogens with two attached hydrogens (primary N) is 1. The molecule has 0 saturated carbocycles. The van der Waals surface area contributed by atoms with Gasteiger partial charge in [0.1, 0.15) is 0 Å². The Balaban J connectivity index is 1.94. The van der Waals surface area contributed by atoms with E-state index in [1.807, 2.05) is 6.07 Å². The van der Waals surface area contributed by atoms with Crippen LogP contribution in [0, 0.1) is 5.92 Å². The predicted octanol–water partition coefficient (Wildman–Crippen LogP) is 1.51. The Morgan fingerprint density at radius 3 is 3.22 bits per heavy atom. The molecular formula is C13H21N3O2. The molecule has 1 aromatic rings. The van der Waals surface area contributed by atoms with Gasteiger partial charge in [-0.3, -0.25) is 15.1 Å². The van der Waals surface area contributed by atoms with Crippen molar-refractivity contribution >= 4 is 5.91 Å². The zero-order valence-electron chi connectivity index (χ0n) is 10.8. The molecule has 0 bridgehead atoms. The molecule has 0 radical (unpaired) electrons. The number of nitrogens with zero attached hydrogens (tertiary/aromatic N) is 1. The summed E-state index contributed by atoms with van der Waals surface area (Å²) in [6.07, 6.45) is 5.33. The normalized spacial score (nSPS) is 20.2. The molecule has 0 aliphatic carbocycles. The zero-order chi connectivity index (χ0) is 13.0. The fourth-order valence-corrected chi connectivity index (χ4v) is 2.67. The van der Waals surface area contributed by atoms with Crippen LogP contribution in [0.4, 0.5) is 0 Å². The molecule has 2 heterocycles. The summed E-state index contributed by atoms with van der Waals surface area (Å²) in [6, 6.07) is 1.84. The molecule has 3 N–H and O–H groups in total. The van der Waals surface area contributed by atoms with Gasteiger partial charge in [0.05, 0.1) is 6.26 Å². The Hall–Kier alpha value is -1.33. The van der Waals surface area contributed by atoms with E-state index in [-0.39, 0.29) is 5.91 Å². The number of rotatable bonds is 5. The molecule has 1 amide bonds. The van der Waals surface area contributed by atoms with Crippen LogP contribution in [0.2, 0.25) is 0 Å². The maximum atomic E-state index is 11.5. The van der Waals surface area contributed by atoms with Crippen molar-refractivity contribution in [3.05, 3.63) is 23.7 Å². The third-order valence-electron chi connectivity index (χ3n) is 3.54. The van der Waals surface area contributed by atoms with E-state index in [2.05, 4.69) is 17.2 Å². The van der Waals surface area contributed by atoms with Crippen molar-refractivity contribution < 1.29 is 9.21 Å². The van der Waals surface area contributed by atoms with Crippen LogP contribution in [0.5, 0.6) is 0 Å². The molecule has 18 heavy (non-hydrogen) atoms. The molecule has 1 aliphatic rings. The van der Waals surface area contributed by atoms with E-state index in [0.29, 0.717) is 5.76 Å². The first-order chi connectivity index (χ1) is 8.74. The highest BCUT2D eigenvalue weighted by atomic mass is 16.3. The van der Waals surface area contributed by atoms with Crippen LogP contribution in [0.3, 0.4) is 0 Å². The summed E-state index contributed by atoms with van der Waals surface area (Å²) in [5.74, 6) is 5.90. The maximum absolute atomic E-state index is 11.5. The van der Waals surface area contributed by atoms with Crippen LogP contribution in [0.15, 0.2) is 16.7 Å². The van der Waals surface area contributed by atoms with E-state index < -0.39 is 0 Å². The van der Waals surface area contributed by atoms with Gasteiger partial charge < -0.3 is 4.42 Å². The number of hydrazine groups is 1. The molecule has 5 nitrogen and oxygen atoms in total. The molecule has 1 aliphatic heterocycles. The van der Waals surface area contributed by atoms with E-state index in [4.69, 9.17) is 10.3 Å². The molecule has 1 aromatic heterocycles. The third kappa shape index (κ3) is 2.91. The van der Waals surface area contributed by atoms with Gasteiger partial charge in [0.2, 0.25) is 0 Å². The molecule has 100 valence electrons. The van der Waals surface area contributed by atoms with Crippen molar-refractivity contribution in [1.29, 1.82) is 0 Å². The van der Waals surface area contributed by atoms with Crippen LogP contribution in [0.25, 0.3) is 0 Å². The molecule has 1 atom stereocenters. The second-order valence-corrected chi connectivity index (χ2v) is 4.93. The molecule has 0 aromatic carbocycles. The fourth-order valence-electron chi connectivity index (χ4n) is 2.67. The molecule has 1 unspecified atom stereocenters. The summed E-state index contributed by atoms with van der Waals surface area (Å²) in [6.45, 7) is 5.20. The van der Waals surface area contributed by atoms with Crippen LogP contribution >= 0.6 is 0 Å². The Morgan fingerprint density at radius 2 is 2.50 bits per heavy atom. The monoisotopic (exact) mass is 251 g/mol. The standard InChI is InChI=1S/C13H21N3O2/c1-2-3-10-4-6-16(8-10)9-11-5-7-18-12(11)13(17)15-14/h5,7,10H,2-4,6,8-9,14H2,1H3,(H,15,17). The van der Waals surface area contributed by atoms with Gasteiger partial charge in [-0.15, -0.1) is 0 Å². The molecular weight excluding hydrogens is 230 g/mol. The van der Waals surface area contributed by atoms with Crippen molar-refractivity contribution in [3.63, 3.8) is 0 Å². The number of furan rings is 1. The lowest BCUT2D eigenvalue weighted by atomic mass is 10.0. The van der Waals surface area contributed by atoms with Gasteiger partial charge in [0.15, 0.2) is 5.76 Å². The first-order valence-corrected chi connectivity index (χ1v) is 6.54. The second kappa shape index (κ2) is 6.02. The number of nitrogen functional groups attached to an aromatic ring is 1. The number of nitrogens with one attached hydrogen (secondary N) is 1. The minimum absolute atomic E-state index is 0.330. The number of carbonyl (C=O) groups excluding carboxylic acids is 1. The van der Waals surface area contributed by atoms with Crippen molar-refractivity contribution in [2.75, 3.05) is 13.1 Å². The summed E-state index contributed by atoms with van der Waals surface area (Å²) in [5, 5.41) is 0. The van der Waals surface area contributed by atoms with Crippen molar-refractivity contribution in [3.8, 4) is 0 Å². The Kier molecular flexibility index (Phi) is 4.38. The summed E-state index contributed by atoms with van der Waals surface area (Å²) >= 11 is 0. The van der Waals surface area contributed by atoms with Crippen LogP contribution in [-0.4, -0.2) is 23.9 Å². The van der Waals surface area contributed by atoms with E-state index in [1.54, 1.807) is 6.26 Å². The van der Waals surface area contributed by atoms with Crippen LogP contribution < -0.4 is 11.3 Å². The average molecular weight is 251 g/mol. The Morgan fingerprint density at radius 1 is 1.67 bits per heavy atom. The topological polar surface area (TPSA) is 71.5 Å². The lowest BCUT2D eigenvalue weighted by Gasteiger charge is -2.15. The maximum Gasteiger partial charge on any atom is 0.301 e. The highest BCUT2D eigenvalue weighted by Gasteiger charge is 2.24. The molecule has 1 saturated heterocycles. The number of amides is 1. The summed E-state index contributed by atoms with van der Waals surface area (Å²) in [5.41, 5.74) is 3.02. The fraction of sp³-hybridized carbons (Fsp3) is 0.615. The van der Waals surface area contributed by atoms with Crippen molar-refractivity contribution in [2.24, 2.45) is 11.8 Å². The van der Waals surface area contributed by atoms with Gasteiger partial charge in [-0.05, 0) is 31.4 Å². The lowest BCUT2D eigenvalue weighted by Crippen LogP contribution is -2.31. The minimum atomic E-state index is -0.362. The first kappa shape index (κ1) is 13.1. The minimum Gasteiger partial charge on any atom is -0.459 e. The average Bonchev–Trinajstić information content (AvgIpc) is 2.99. The summed E-state index contributed by atoms with van der Waals surface area (Å²) in [7, 11) is 0. The molecule has 5 heteroatoms. The smallest absolute Gasteiger partial charge is 0.301 e. The number of hydrogen-bond donors (Lipinski definition) is 2. The van der Waals surface area contributed by atoms with Gasteiger partial charge in [-0.25, -0.2) is 5.84 Å². The number of hydrogen-bond acceptors (Lipinski definition) is 4. The molecule has 1 fully saturated rings. The SMILES string of the molecule is CCCC1CCN(Cc2ccoc2C(=O)NN)C1. The number of likely N-dealkylation sites (tertiary alicyclic amines) is 1. The van der Waals surface area contributed by atoms with E-state index in [1.165, 1.54) is 19.3 Å². The predicted molar refractivity (Wildman–Crippen MR) is 68.7 cm³/mol. The van der Waals surface area contributed by atoms with E-state index >= 15 is 0 Å². The highest BCUT2D eigenvalue weighted by molar-refractivity contribution is 5.92. The quantitative estimate of drug-likeness (QED) is 0.472. The van der Waals surface area contributed by atoms with Gasteiger partial charge in [0, 0.05) is 18.7 Å². The van der Waals surface area contributed by atoms with E-state index in [9.17, 15) is 4.79 Å². The summed E-state index contributed by atoms with van der Waals surface area (Å²) < 4.78 is 5.18. The molecule has 2 rings (SSSR count). The van der Waals surface area contributed by atoms with Gasteiger partial charge in [-0.1, -0.05) is 13.3 Å². The molecule has 0 spiro atoms. The van der Waals surface area contributed by atoms with Crippen LogP contribution in [-0.2, 0) is 6.54 Å². The van der Waals surface area contributed by atoms with E-state index in [0.717, 1.165) is 31.1 Å². The van der Waals surface area contributed by atoms with Crippen molar-refractivity contribution in [2.45, 2.75) is 32.7 Å². The van der Waals surface area contributed by atoms with Crippen molar-refractivity contribution in [1.82, 2.24) is 10.3 Å². The lowest BCUT2D eigenvalue weighted by molar-refractivity contribution is 0.0923. The Labute approximate surface area is 107 Å². The summed E-state index contributed by atoms with van der Waals surface area (Å²) in [4.78, 5) is 13.9. The van der Waals surface area contributed by atoms with Gasteiger partial charge in [-0.2, -0.15) is 0 Å². The second-order valence-electron chi connectivity index (χ2n) is 4.93. The Bertz CT molecular complexity index is 403. The number of carbonyl (C=O) groups is 1. The van der Waals surface area contributed by atoms with Crippen LogP contribution in [0.1, 0.15) is 42.3 Å². The van der Waals surface area contributed by atoms with Gasteiger partial charge in [0.25, 0.3) is 0 Å². The first-order valence-electron chi connectivity index (χ1n) is 6.54. The third-order valence-corrected chi connectivity index (χ3v) is 3.54. The van der Waals surface area contributed by atoms with Gasteiger partial charge >= 0.3 is 5.91 Å². The zero-order valence-corrected chi connectivity index (χ0v) is 10.8. The largest absolute Gasteiger partial charge is 0.459 e.